The summed E-state index contributed by atoms with van der Waals surface area (Å²) in [6.07, 6.45) is 1.30. The van der Waals surface area contributed by atoms with Crippen molar-refractivity contribution in [1.82, 2.24) is 14.9 Å². The lowest BCUT2D eigenvalue weighted by Crippen LogP contribution is -2.34. The zero-order chi connectivity index (χ0) is 15.0. The van der Waals surface area contributed by atoms with Gasteiger partial charge in [-0.25, -0.2) is 4.98 Å². The van der Waals surface area contributed by atoms with E-state index in [1.54, 1.807) is 6.20 Å². The third kappa shape index (κ3) is 6.41. The van der Waals surface area contributed by atoms with Crippen molar-refractivity contribution in [3.8, 4) is 0 Å². The first-order valence-electron chi connectivity index (χ1n) is 7.26. The van der Waals surface area contributed by atoms with Crippen molar-refractivity contribution < 1.29 is 13.2 Å². The molecule has 1 aromatic heterocycles. The summed E-state index contributed by atoms with van der Waals surface area (Å²) in [5, 5.41) is 3.20. The maximum absolute atomic E-state index is 12.4. The highest BCUT2D eigenvalue weighted by Crippen LogP contribution is 2.23. The van der Waals surface area contributed by atoms with E-state index in [1.807, 2.05) is 17.7 Å². The SMILES string of the molecule is CCCNC(CCC(F)(F)F)Cc1nccn1CCC. The Bertz CT molecular complexity index is 374. The van der Waals surface area contributed by atoms with E-state index in [4.69, 9.17) is 0 Å². The van der Waals surface area contributed by atoms with Gasteiger partial charge in [0.25, 0.3) is 0 Å². The fraction of sp³-hybridized carbons (Fsp3) is 0.786. The van der Waals surface area contributed by atoms with Crippen LogP contribution in [0.25, 0.3) is 0 Å². The number of halogens is 3. The van der Waals surface area contributed by atoms with Gasteiger partial charge in [0, 0.05) is 37.8 Å². The van der Waals surface area contributed by atoms with Crippen LogP contribution in [-0.4, -0.2) is 28.3 Å². The van der Waals surface area contributed by atoms with E-state index in [2.05, 4.69) is 17.2 Å². The predicted octanol–water partition coefficient (Wildman–Crippen LogP) is 3.55. The zero-order valence-corrected chi connectivity index (χ0v) is 12.2. The van der Waals surface area contributed by atoms with Crippen molar-refractivity contribution in [2.24, 2.45) is 0 Å². The lowest BCUT2D eigenvalue weighted by atomic mass is 10.1. The Morgan fingerprint density at radius 3 is 2.65 bits per heavy atom. The van der Waals surface area contributed by atoms with Gasteiger partial charge in [-0.05, 0) is 25.8 Å². The van der Waals surface area contributed by atoms with Gasteiger partial charge in [-0.1, -0.05) is 13.8 Å². The lowest BCUT2D eigenvalue weighted by Gasteiger charge is -2.19. The molecule has 6 heteroatoms. The quantitative estimate of drug-likeness (QED) is 0.754. The molecule has 1 aromatic rings. The molecule has 3 nitrogen and oxygen atoms in total. The predicted molar refractivity (Wildman–Crippen MR) is 73.6 cm³/mol. The number of nitrogens with one attached hydrogen (secondary N) is 1. The van der Waals surface area contributed by atoms with Gasteiger partial charge in [0.2, 0.25) is 0 Å². The van der Waals surface area contributed by atoms with Crippen LogP contribution >= 0.6 is 0 Å². The number of aryl methyl sites for hydroxylation is 1. The fourth-order valence-electron chi connectivity index (χ4n) is 2.16. The Labute approximate surface area is 118 Å². The summed E-state index contributed by atoms with van der Waals surface area (Å²) in [5.41, 5.74) is 0. The van der Waals surface area contributed by atoms with E-state index < -0.39 is 12.6 Å². The third-order valence-electron chi connectivity index (χ3n) is 3.15. The van der Waals surface area contributed by atoms with Crippen LogP contribution in [0.1, 0.15) is 45.4 Å². The van der Waals surface area contributed by atoms with E-state index in [-0.39, 0.29) is 12.5 Å². The Hall–Kier alpha value is -1.04. The number of aromatic nitrogens is 2. The first-order valence-corrected chi connectivity index (χ1v) is 7.26. The highest BCUT2D eigenvalue weighted by Gasteiger charge is 2.28. The van der Waals surface area contributed by atoms with Gasteiger partial charge in [0.05, 0.1) is 0 Å². The van der Waals surface area contributed by atoms with Gasteiger partial charge in [-0.15, -0.1) is 0 Å². The van der Waals surface area contributed by atoms with Crippen LogP contribution in [0, 0.1) is 0 Å². The second-order valence-electron chi connectivity index (χ2n) is 5.05. The molecule has 1 atom stereocenters. The largest absolute Gasteiger partial charge is 0.389 e. The van der Waals surface area contributed by atoms with Crippen LogP contribution in [0.4, 0.5) is 13.2 Å². The molecule has 0 aliphatic carbocycles. The molecule has 0 spiro atoms. The molecule has 116 valence electrons. The molecule has 0 aliphatic heterocycles. The number of nitrogens with zero attached hydrogens (tertiary/aromatic N) is 2. The Morgan fingerprint density at radius 1 is 1.30 bits per heavy atom. The monoisotopic (exact) mass is 291 g/mol. The molecule has 0 bridgehead atoms. The summed E-state index contributed by atoms with van der Waals surface area (Å²) in [6, 6.07) is -0.172. The van der Waals surface area contributed by atoms with E-state index in [1.165, 1.54) is 0 Å². The number of rotatable bonds is 9. The smallest absolute Gasteiger partial charge is 0.335 e. The molecule has 1 N–H and O–H groups in total. The Kier molecular flexibility index (Phi) is 7.05. The molecule has 0 aromatic carbocycles. The normalized spacial score (nSPS) is 13.7. The van der Waals surface area contributed by atoms with Crippen LogP contribution in [0.3, 0.4) is 0 Å². The van der Waals surface area contributed by atoms with E-state index in [9.17, 15) is 13.2 Å². The lowest BCUT2D eigenvalue weighted by molar-refractivity contribution is -0.136. The zero-order valence-electron chi connectivity index (χ0n) is 12.2. The molecule has 0 amide bonds. The fourth-order valence-corrected chi connectivity index (χ4v) is 2.16. The molecular formula is C14H24F3N3. The molecule has 0 saturated heterocycles. The highest BCUT2D eigenvalue weighted by atomic mass is 19.4. The van der Waals surface area contributed by atoms with Crippen molar-refractivity contribution in [1.29, 1.82) is 0 Å². The molecular weight excluding hydrogens is 267 g/mol. The van der Waals surface area contributed by atoms with E-state index in [0.717, 1.165) is 31.8 Å². The van der Waals surface area contributed by atoms with Crippen molar-refractivity contribution in [3.63, 3.8) is 0 Å². The topological polar surface area (TPSA) is 29.9 Å². The number of alkyl halides is 3. The summed E-state index contributed by atoms with van der Waals surface area (Å²) < 4.78 is 39.1. The summed E-state index contributed by atoms with van der Waals surface area (Å²) in [7, 11) is 0. The van der Waals surface area contributed by atoms with Crippen molar-refractivity contribution in [2.45, 2.75) is 64.7 Å². The molecule has 0 fully saturated rings. The van der Waals surface area contributed by atoms with Crippen LogP contribution in [0.5, 0.6) is 0 Å². The number of hydrogen-bond donors (Lipinski definition) is 1. The minimum atomic E-state index is -4.09. The Balaban J connectivity index is 2.60. The second kappa shape index (κ2) is 8.29. The van der Waals surface area contributed by atoms with Gasteiger partial charge in [0.15, 0.2) is 0 Å². The maximum Gasteiger partial charge on any atom is 0.389 e. The summed E-state index contributed by atoms with van der Waals surface area (Å²) in [5.74, 6) is 0.864. The van der Waals surface area contributed by atoms with Crippen LogP contribution in [0.2, 0.25) is 0 Å². The number of imidazole rings is 1. The highest BCUT2D eigenvalue weighted by molar-refractivity contribution is 4.96. The standard InChI is InChI=1S/C14H24F3N3/c1-3-7-18-12(5-6-14(15,16)17)11-13-19-8-10-20(13)9-4-2/h8,10,12,18H,3-7,9,11H2,1-2H3. The second-order valence-corrected chi connectivity index (χ2v) is 5.05. The van der Waals surface area contributed by atoms with Crippen LogP contribution < -0.4 is 5.32 Å². The first-order chi connectivity index (χ1) is 9.46. The minimum absolute atomic E-state index is 0.0997. The third-order valence-corrected chi connectivity index (χ3v) is 3.15. The summed E-state index contributed by atoms with van der Waals surface area (Å²) in [4.78, 5) is 4.27. The molecule has 1 heterocycles. The Morgan fingerprint density at radius 2 is 2.05 bits per heavy atom. The van der Waals surface area contributed by atoms with Gasteiger partial charge < -0.3 is 9.88 Å². The molecule has 20 heavy (non-hydrogen) atoms. The van der Waals surface area contributed by atoms with Gasteiger partial charge in [-0.3, -0.25) is 0 Å². The summed E-state index contributed by atoms with van der Waals surface area (Å²) in [6.45, 7) is 5.66. The molecule has 0 aliphatic rings. The minimum Gasteiger partial charge on any atom is -0.335 e. The van der Waals surface area contributed by atoms with Gasteiger partial charge >= 0.3 is 6.18 Å². The van der Waals surface area contributed by atoms with Crippen molar-refractivity contribution in [3.05, 3.63) is 18.2 Å². The van der Waals surface area contributed by atoms with E-state index in [0.29, 0.717) is 6.42 Å². The molecule has 1 rings (SSSR count). The average Bonchev–Trinajstić information content (AvgIpc) is 2.79. The van der Waals surface area contributed by atoms with Crippen LogP contribution in [0.15, 0.2) is 12.4 Å². The summed E-state index contributed by atoms with van der Waals surface area (Å²) >= 11 is 0. The van der Waals surface area contributed by atoms with E-state index >= 15 is 0 Å². The van der Waals surface area contributed by atoms with Gasteiger partial charge in [-0.2, -0.15) is 13.2 Å². The van der Waals surface area contributed by atoms with Crippen molar-refractivity contribution >= 4 is 0 Å². The molecule has 1 unspecified atom stereocenters. The average molecular weight is 291 g/mol. The van der Waals surface area contributed by atoms with Crippen LogP contribution in [-0.2, 0) is 13.0 Å². The first kappa shape index (κ1) is 17.0. The molecule has 0 saturated carbocycles. The number of hydrogen-bond acceptors (Lipinski definition) is 2. The maximum atomic E-state index is 12.4. The van der Waals surface area contributed by atoms with Gasteiger partial charge in [0.1, 0.15) is 5.82 Å². The molecule has 0 radical (unpaired) electrons. The van der Waals surface area contributed by atoms with Crippen molar-refractivity contribution in [2.75, 3.05) is 6.54 Å².